The number of aromatic nitrogens is 1. The molecule has 8 heavy (non-hydrogen) atoms. The first kappa shape index (κ1) is 5.56. The third-order valence-corrected chi connectivity index (χ3v) is 1.66. The minimum Gasteiger partial charge on any atom is -0.365 e. The van der Waals surface area contributed by atoms with E-state index in [1.54, 1.807) is 0 Å². The van der Waals surface area contributed by atoms with Gasteiger partial charge < -0.3 is 5.32 Å². The Bertz CT molecular complexity index is 171. The van der Waals surface area contributed by atoms with Crippen LogP contribution in [0.15, 0.2) is 0 Å². The quantitative estimate of drug-likeness (QED) is 0.615. The number of anilines is 1. The Morgan fingerprint density at radius 3 is 2.75 bits per heavy atom. The van der Waals surface area contributed by atoms with Gasteiger partial charge >= 0.3 is 0 Å². The second kappa shape index (κ2) is 2.13. The fraction of sp³-hybridized carbons (Fsp3) is 0.400. The SMILES string of the molecule is CNc1nc(C)[c]s1. The Morgan fingerprint density at radius 1 is 1.75 bits per heavy atom. The molecule has 1 aromatic heterocycles. The second-order valence-electron chi connectivity index (χ2n) is 1.46. The van der Waals surface area contributed by atoms with Crippen LogP contribution in [-0.2, 0) is 0 Å². The van der Waals surface area contributed by atoms with Crippen molar-refractivity contribution < 1.29 is 0 Å². The van der Waals surface area contributed by atoms with Crippen molar-refractivity contribution in [2.45, 2.75) is 6.92 Å². The summed E-state index contributed by atoms with van der Waals surface area (Å²) in [6, 6.07) is 0. The van der Waals surface area contributed by atoms with E-state index in [0.717, 1.165) is 10.8 Å². The summed E-state index contributed by atoms with van der Waals surface area (Å²) in [5.74, 6) is 0. The molecule has 0 aliphatic heterocycles. The Kier molecular flexibility index (Phi) is 1.48. The molecule has 1 rings (SSSR count). The Labute approximate surface area is 52.6 Å². The van der Waals surface area contributed by atoms with Crippen molar-refractivity contribution in [3.8, 4) is 0 Å². The number of aryl methyl sites for hydroxylation is 1. The van der Waals surface area contributed by atoms with Crippen molar-refractivity contribution in [2.24, 2.45) is 0 Å². The molecule has 0 aromatic carbocycles. The largest absolute Gasteiger partial charge is 0.365 e. The number of hydrogen-bond donors (Lipinski definition) is 1. The van der Waals surface area contributed by atoms with Crippen molar-refractivity contribution in [2.75, 3.05) is 12.4 Å². The zero-order chi connectivity index (χ0) is 5.98. The summed E-state index contributed by atoms with van der Waals surface area (Å²) in [6.07, 6.45) is 0. The van der Waals surface area contributed by atoms with Crippen LogP contribution in [0.2, 0.25) is 0 Å². The van der Waals surface area contributed by atoms with Crippen LogP contribution >= 0.6 is 11.3 Å². The molecule has 0 aliphatic rings. The van der Waals surface area contributed by atoms with Crippen molar-refractivity contribution in [3.05, 3.63) is 11.1 Å². The highest BCUT2D eigenvalue weighted by atomic mass is 32.1. The van der Waals surface area contributed by atoms with E-state index in [0.29, 0.717) is 0 Å². The smallest absolute Gasteiger partial charge is 0.183 e. The van der Waals surface area contributed by atoms with Gasteiger partial charge in [-0.2, -0.15) is 0 Å². The first-order valence-electron chi connectivity index (χ1n) is 2.36. The zero-order valence-corrected chi connectivity index (χ0v) is 5.67. The summed E-state index contributed by atoms with van der Waals surface area (Å²) in [6.45, 7) is 1.93. The van der Waals surface area contributed by atoms with E-state index < -0.39 is 0 Å². The van der Waals surface area contributed by atoms with Gasteiger partial charge in [-0.3, -0.25) is 0 Å². The Hall–Kier alpha value is -0.570. The van der Waals surface area contributed by atoms with E-state index in [2.05, 4.69) is 15.7 Å². The lowest BCUT2D eigenvalue weighted by Gasteiger charge is -1.85. The maximum absolute atomic E-state index is 4.08. The standard InChI is InChI=1S/C5H7N2S/c1-4-3-8-5(6-2)7-4/h1-2H3,(H,6,7). The van der Waals surface area contributed by atoms with Crippen molar-refractivity contribution >= 4 is 16.5 Å². The summed E-state index contributed by atoms with van der Waals surface area (Å²) in [5.41, 5.74) is 0.958. The van der Waals surface area contributed by atoms with E-state index >= 15 is 0 Å². The first-order chi connectivity index (χ1) is 3.83. The van der Waals surface area contributed by atoms with Gasteiger partial charge in [0.1, 0.15) is 0 Å². The van der Waals surface area contributed by atoms with Gasteiger partial charge in [0, 0.05) is 7.05 Å². The first-order valence-corrected chi connectivity index (χ1v) is 3.17. The molecule has 3 heteroatoms. The van der Waals surface area contributed by atoms with Crippen LogP contribution in [0, 0.1) is 12.3 Å². The minimum atomic E-state index is 0.933. The number of thiazole rings is 1. The van der Waals surface area contributed by atoms with Crippen LogP contribution in [0.4, 0.5) is 5.13 Å². The fourth-order valence-corrected chi connectivity index (χ4v) is 1.00. The van der Waals surface area contributed by atoms with Gasteiger partial charge in [0.05, 0.1) is 11.1 Å². The summed E-state index contributed by atoms with van der Waals surface area (Å²) in [4.78, 5) is 4.08. The van der Waals surface area contributed by atoms with Crippen LogP contribution in [0.1, 0.15) is 5.69 Å². The maximum atomic E-state index is 4.08. The van der Waals surface area contributed by atoms with Crippen LogP contribution < -0.4 is 5.32 Å². The van der Waals surface area contributed by atoms with E-state index in [1.165, 1.54) is 11.3 Å². The third-order valence-electron chi connectivity index (χ3n) is 0.779. The normalized spacial score (nSPS) is 9.25. The monoisotopic (exact) mass is 127 g/mol. The molecule has 1 aromatic rings. The molecular weight excluding hydrogens is 120 g/mol. The lowest BCUT2D eigenvalue weighted by Crippen LogP contribution is -1.84. The van der Waals surface area contributed by atoms with Crippen LogP contribution in [-0.4, -0.2) is 12.0 Å². The third kappa shape index (κ3) is 0.980. The van der Waals surface area contributed by atoms with E-state index in [9.17, 15) is 0 Å². The molecule has 1 N–H and O–H groups in total. The molecule has 0 atom stereocenters. The fourth-order valence-electron chi connectivity index (χ4n) is 0.427. The van der Waals surface area contributed by atoms with Gasteiger partial charge in [0.25, 0.3) is 0 Å². The Balaban J connectivity index is 2.84. The predicted octanol–water partition coefficient (Wildman–Crippen LogP) is 1.29. The van der Waals surface area contributed by atoms with Gasteiger partial charge in [-0.25, -0.2) is 4.98 Å². The van der Waals surface area contributed by atoms with Crippen LogP contribution in [0.5, 0.6) is 0 Å². The molecule has 2 nitrogen and oxygen atoms in total. The average Bonchev–Trinajstić information content (AvgIpc) is 2.14. The molecule has 0 saturated carbocycles. The number of nitrogens with zero attached hydrogens (tertiary/aromatic N) is 1. The minimum absolute atomic E-state index is 0.933. The molecule has 0 fully saturated rings. The maximum Gasteiger partial charge on any atom is 0.183 e. The molecule has 1 heterocycles. The summed E-state index contributed by atoms with van der Waals surface area (Å²) in [5, 5.41) is 6.84. The summed E-state index contributed by atoms with van der Waals surface area (Å²) >= 11 is 1.50. The molecule has 0 saturated heterocycles. The van der Waals surface area contributed by atoms with Gasteiger partial charge in [-0.15, -0.1) is 0 Å². The zero-order valence-electron chi connectivity index (χ0n) is 4.86. The average molecular weight is 127 g/mol. The van der Waals surface area contributed by atoms with Crippen molar-refractivity contribution in [1.29, 1.82) is 0 Å². The Morgan fingerprint density at radius 2 is 2.50 bits per heavy atom. The van der Waals surface area contributed by atoms with E-state index in [-0.39, 0.29) is 0 Å². The highest BCUT2D eigenvalue weighted by Crippen LogP contribution is 2.11. The van der Waals surface area contributed by atoms with Crippen LogP contribution in [0.25, 0.3) is 0 Å². The molecule has 1 radical (unpaired) electrons. The molecule has 0 bridgehead atoms. The van der Waals surface area contributed by atoms with Gasteiger partial charge in [-0.05, 0) is 6.92 Å². The van der Waals surface area contributed by atoms with Gasteiger partial charge in [0.15, 0.2) is 5.13 Å². The second-order valence-corrected chi connectivity index (χ2v) is 2.25. The summed E-state index contributed by atoms with van der Waals surface area (Å²) in [7, 11) is 1.85. The highest BCUT2D eigenvalue weighted by molar-refractivity contribution is 7.13. The number of hydrogen-bond acceptors (Lipinski definition) is 3. The van der Waals surface area contributed by atoms with Gasteiger partial charge in [0.2, 0.25) is 0 Å². The summed E-state index contributed by atoms with van der Waals surface area (Å²) < 4.78 is 0. The topological polar surface area (TPSA) is 24.9 Å². The lowest BCUT2D eigenvalue weighted by molar-refractivity contribution is 1.25. The molecule has 0 unspecified atom stereocenters. The van der Waals surface area contributed by atoms with Crippen molar-refractivity contribution in [1.82, 2.24) is 4.98 Å². The molecule has 0 amide bonds. The van der Waals surface area contributed by atoms with Crippen LogP contribution in [0.3, 0.4) is 0 Å². The molecule has 0 spiro atoms. The molecule has 0 aliphatic carbocycles. The number of nitrogens with one attached hydrogen (secondary N) is 1. The molecule has 43 valence electrons. The highest BCUT2D eigenvalue weighted by Gasteiger charge is 1.91. The van der Waals surface area contributed by atoms with Gasteiger partial charge in [-0.1, -0.05) is 11.3 Å². The number of rotatable bonds is 1. The van der Waals surface area contributed by atoms with Crippen molar-refractivity contribution in [3.63, 3.8) is 0 Å². The van der Waals surface area contributed by atoms with E-state index in [4.69, 9.17) is 0 Å². The van der Waals surface area contributed by atoms with E-state index in [1.807, 2.05) is 14.0 Å². The lowest BCUT2D eigenvalue weighted by atomic mass is 10.6. The molecular formula is C5H7N2S. The predicted molar refractivity (Wildman–Crippen MR) is 35.2 cm³/mol.